The van der Waals surface area contributed by atoms with Gasteiger partial charge in [0.15, 0.2) is 11.6 Å². The van der Waals surface area contributed by atoms with Crippen molar-refractivity contribution in [3.8, 4) is 11.5 Å². The number of pyridine rings is 1. The summed E-state index contributed by atoms with van der Waals surface area (Å²) in [5.74, 6) is -1.77. The molecule has 0 saturated carbocycles. The van der Waals surface area contributed by atoms with Gasteiger partial charge in [-0.25, -0.2) is 9.18 Å². The fraction of sp³-hybridized carbons (Fsp3) is 0.400. The van der Waals surface area contributed by atoms with Crippen LogP contribution in [0.2, 0.25) is 0 Å². The number of benzene rings is 1. The molecule has 2 aromatic rings. The zero-order valence-electron chi connectivity index (χ0n) is 16.2. The summed E-state index contributed by atoms with van der Waals surface area (Å²) in [4.78, 5) is 18.9. The average Bonchev–Trinajstić information content (AvgIpc) is 2.75. The highest BCUT2D eigenvalue weighted by Crippen LogP contribution is 2.42. The number of aromatic nitrogens is 1. The summed E-state index contributed by atoms with van der Waals surface area (Å²) < 4.78 is 66.8. The molecule has 1 unspecified atom stereocenters. The number of ether oxygens (including phenoxy) is 3. The molecule has 11 heteroatoms. The summed E-state index contributed by atoms with van der Waals surface area (Å²) in [7, 11) is 0. The van der Waals surface area contributed by atoms with Crippen molar-refractivity contribution in [1.82, 2.24) is 15.2 Å². The maximum absolute atomic E-state index is 14.6. The Morgan fingerprint density at radius 2 is 1.97 bits per heavy atom. The zero-order valence-corrected chi connectivity index (χ0v) is 16.2. The lowest BCUT2D eigenvalue weighted by atomic mass is 9.81. The van der Waals surface area contributed by atoms with Crippen molar-refractivity contribution in [3.63, 3.8) is 0 Å². The van der Waals surface area contributed by atoms with Gasteiger partial charge in [-0.3, -0.25) is 4.98 Å². The predicted molar refractivity (Wildman–Crippen MR) is 99.1 cm³/mol. The van der Waals surface area contributed by atoms with Gasteiger partial charge in [0.1, 0.15) is 17.0 Å². The van der Waals surface area contributed by atoms with Crippen molar-refractivity contribution >= 4 is 6.03 Å². The maximum Gasteiger partial charge on any atom is 0.573 e. The second-order valence-electron chi connectivity index (χ2n) is 7.08. The predicted octanol–water partition coefficient (Wildman–Crippen LogP) is 3.19. The molecule has 7 nitrogen and oxygen atoms in total. The molecular weight excluding hydrogens is 422 g/mol. The van der Waals surface area contributed by atoms with E-state index in [0.29, 0.717) is 37.7 Å². The van der Waals surface area contributed by atoms with Crippen LogP contribution in [0.4, 0.5) is 22.4 Å². The number of rotatable bonds is 3. The number of morpholine rings is 1. The number of carbonyl (C=O) groups is 1. The Hall–Kier alpha value is -3.08. The quantitative estimate of drug-likeness (QED) is 0.741. The Kier molecular flexibility index (Phi) is 5.61. The Bertz CT molecular complexity index is 966. The van der Waals surface area contributed by atoms with Gasteiger partial charge in [0, 0.05) is 25.7 Å². The monoisotopic (exact) mass is 441 g/mol. The molecule has 0 bridgehead atoms. The van der Waals surface area contributed by atoms with E-state index in [1.54, 1.807) is 17.0 Å². The van der Waals surface area contributed by atoms with Crippen molar-refractivity contribution in [2.24, 2.45) is 0 Å². The van der Waals surface area contributed by atoms with E-state index in [4.69, 9.17) is 9.47 Å². The third-order valence-corrected chi connectivity index (χ3v) is 5.18. The standard InChI is InChI=1S/C20H19F4N3O4/c21-14-12-13(3-4-15(14)31-20(22,23)24)19(26-18(28)27-7-10-29-11-8-27)5-9-30-16-2-1-6-25-17(16)19/h1-4,6,12H,5,7-11H2,(H,26,28). The molecule has 1 aromatic heterocycles. The summed E-state index contributed by atoms with van der Waals surface area (Å²) >= 11 is 0. The molecule has 1 fully saturated rings. The van der Waals surface area contributed by atoms with Gasteiger partial charge in [0.05, 0.1) is 19.8 Å². The normalized spacial score (nSPS) is 21.1. The number of urea groups is 1. The fourth-order valence-corrected chi connectivity index (χ4v) is 3.74. The Morgan fingerprint density at radius 1 is 1.19 bits per heavy atom. The van der Waals surface area contributed by atoms with Crippen molar-refractivity contribution < 1.29 is 36.6 Å². The van der Waals surface area contributed by atoms with Crippen LogP contribution in [-0.2, 0) is 10.3 Å². The summed E-state index contributed by atoms with van der Waals surface area (Å²) in [5, 5.41) is 2.93. The number of alkyl halides is 3. The minimum absolute atomic E-state index is 0.185. The van der Waals surface area contributed by atoms with Gasteiger partial charge in [0.2, 0.25) is 0 Å². The molecule has 1 N–H and O–H groups in total. The summed E-state index contributed by atoms with van der Waals surface area (Å²) in [6.07, 6.45) is -3.33. The molecule has 2 aliphatic heterocycles. The molecular formula is C20H19F4N3O4. The minimum atomic E-state index is -5.03. The number of nitrogens with zero attached hydrogens (tertiary/aromatic N) is 2. The molecule has 2 aliphatic rings. The van der Waals surface area contributed by atoms with E-state index in [1.165, 1.54) is 12.3 Å². The van der Waals surface area contributed by atoms with Gasteiger partial charge >= 0.3 is 12.4 Å². The van der Waals surface area contributed by atoms with Crippen LogP contribution in [0.15, 0.2) is 36.5 Å². The molecule has 3 heterocycles. The lowest BCUT2D eigenvalue weighted by molar-refractivity contribution is -0.275. The molecule has 1 atom stereocenters. The van der Waals surface area contributed by atoms with E-state index < -0.39 is 29.5 Å². The van der Waals surface area contributed by atoms with Crippen LogP contribution in [0.5, 0.6) is 11.5 Å². The average molecular weight is 441 g/mol. The van der Waals surface area contributed by atoms with Crippen molar-refractivity contribution in [2.45, 2.75) is 18.3 Å². The summed E-state index contributed by atoms with van der Waals surface area (Å²) in [6.45, 7) is 1.71. The van der Waals surface area contributed by atoms with Crippen molar-refractivity contribution in [1.29, 1.82) is 0 Å². The number of carbonyl (C=O) groups excluding carboxylic acids is 1. The third-order valence-electron chi connectivity index (χ3n) is 5.18. The molecule has 166 valence electrons. The molecule has 0 radical (unpaired) electrons. The number of halogens is 4. The van der Waals surface area contributed by atoms with E-state index in [1.807, 2.05) is 0 Å². The highest BCUT2D eigenvalue weighted by atomic mass is 19.4. The van der Waals surface area contributed by atoms with Gasteiger partial charge in [-0.15, -0.1) is 13.2 Å². The molecule has 4 rings (SSSR count). The number of amides is 2. The first-order chi connectivity index (χ1) is 14.8. The topological polar surface area (TPSA) is 72.9 Å². The van der Waals surface area contributed by atoms with Gasteiger partial charge in [0.25, 0.3) is 0 Å². The maximum atomic E-state index is 14.6. The molecule has 31 heavy (non-hydrogen) atoms. The Labute approximate surface area is 174 Å². The van der Waals surface area contributed by atoms with E-state index in [2.05, 4.69) is 15.0 Å². The molecule has 2 amide bonds. The Morgan fingerprint density at radius 3 is 2.68 bits per heavy atom. The van der Waals surface area contributed by atoms with Crippen LogP contribution in [0.25, 0.3) is 0 Å². The Balaban J connectivity index is 1.75. The SMILES string of the molecule is O=C(NC1(c2ccc(OC(F)(F)F)c(F)c2)CCOc2cccnc21)N1CCOCC1. The molecule has 1 saturated heterocycles. The van der Waals surface area contributed by atoms with Crippen LogP contribution in [-0.4, -0.2) is 55.2 Å². The van der Waals surface area contributed by atoms with Gasteiger partial charge in [-0.05, 0) is 29.8 Å². The number of hydrogen-bond acceptors (Lipinski definition) is 5. The third kappa shape index (κ3) is 4.36. The summed E-state index contributed by atoms with van der Waals surface area (Å²) in [6, 6.07) is 5.99. The van der Waals surface area contributed by atoms with Crippen LogP contribution in [0.3, 0.4) is 0 Å². The van der Waals surface area contributed by atoms with Crippen LogP contribution >= 0.6 is 0 Å². The smallest absolute Gasteiger partial charge is 0.491 e. The lowest BCUT2D eigenvalue weighted by Crippen LogP contribution is -2.56. The zero-order chi connectivity index (χ0) is 22.1. The van der Waals surface area contributed by atoms with Gasteiger partial charge < -0.3 is 24.4 Å². The summed E-state index contributed by atoms with van der Waals surface area (Å²) in [5.41, 5.74) is -0.738. The van der Waals surface area contributed by atoms with Crippen molar-refractivity contribution in [3.05, 3.63) is 53.6 Å². The second-order valence-corrected chi connectivity index (χ2v) is 7.08. The van der Waals surface area contributed by atoms with E-state index in [0.717, 1.165) is 12.1 Å². The first-order valence-electron chi connectivity index (χ1n) is 9.57. The number of nitrogens with one attached hydrogen (secondary N) is 1. The molecule has 0 spiro atoms. The highest BCUT2D eigenvalue weighted by Gasteiger charge is 2.44. The number of fused-ring (bicyclic) bond motifs is 1. The second kappa shape index (κ2) is 8.22. The largest absolute Gasteiger partial charge is 0.573 e. The van der Waals surface area contributed by atoms with Crippen LogP contribution < -0.4 is 14.8 Å². The first-order valence-corrected chi connectivity index (χ1v) is 9.57. The van der Waals surface area contributed by atoms with E-state index in [-0.39, 0.29) is 18.6 Å². The number of hydrogen-bond donors (Lipinski definition) is 1. The lowest BCUT2D eigenvalue weighted by Gasteiger charge is -2.40. The highest BCUT2D eigenvalue weighted by molar-refractivity contribution is 5.76. The van der Waals surface area contributed by atoms with E-state index >= 15 is 0 Å². The van der Waals surface area contributed by atoms with Gasteiger partial charge in [-0.2, -0.15) is 0 Å². The van der Waals surface area contributed by atoms with Crippen molar-refractivity contribution in [2.75, 3.05) is 32.9 Å². The molecule has 0 aliphatic carbocycles. The first kappa shape index (κ1) is 21.2. The van der Waals surface area contributed by atoms with E-state index in [9.17, 15) is 22.4 Å². The van der Waals surface area contributed by atoms with Crippen LogP contribution in [0, 0.1) is 5.82 Å². The van der Waals surface area contributed by atoms with Crippen LogP contribution in [0.1, 0.15) is 17.7 Å². The molecule has 1 aromatic carbocycles. The minimum Gasteiger partial charge on any atom is -0.491 e. The fourth-order valence-electron chi connectivity index (χ4n) is 3.74. The van der Waals surface area contributed by atoms with Gasteiger partial charge in [-0.1, -0.05) is 6.07 Å².